The molecule has 1 aromatic carbocycles. The van der Waals surface area contributed by atoms with Crippen LogP contribution in [0.3, 0.4) is 0 Å². The highest BCUT2D eigenvalue weighted by atomic mass is 19.4. The molecule has 0 N–H and O–H groups in total. The van der Waals surface area contributed by atoms with Crippen LogP contribution < -0.4 is 0 Å². The van der Waals surface area contributed by atoms with Crippen molar-refractivity contribution in [1.29, 1.82) is 0 Å². The lowest BCUT2D eigenvalue weighted by Crippen LogP contribution is -2.36. The second-order valence-electron chi connectivity index (χ2n) is 7.83. The molecule has 29 heavy (non-hydrogen) atoms. The molecule has 3 heterocycles. The number of hydrogen-bond donors (Lipinski definition) is 0. The summed E-state index contributed by atoms with van der Waals surface area (Å²) in [6.45, 7) is 4.53. The summed E-state index contributed by atoms with van der Waals surface area (Å²) >= 11 is 0. The maximum Gasteiger partial charge on any atom is 0.416 e. The molecular formula is C20H21F3N4O2. The third-order valence-corrected chi connectivity index (χ3v) is 5.68. The third-order valence-electron chi connectivity index (χ3n) is 5.68. The fraction of sp³-hybridized carbons (Fsp3) is 0.450. The Balaban J connectivity index is 1.35. The number of rotatable bonds is 3. The number of halogens is 3. The Labute approximate surface area is 165 Å². The summed E-state index contributed by atoms with van der Waals surface area (Å²) in [7, 11) is 0. The van der Waals surface area contributed by atoms with Crippen molar-refractivity contribution in [1.82, 2.24) is 19.6 Å². The molecule has 2 atom stereocenters. The Morgan fingerprint density at radius 1 is 1.14 bits per heavy atom. The van der Waals surface area contributed by atoms with Gasteiger partial charge in [-0.25, -0.2) is 4.79 Å². The fourth-order valence-corrected chi connectivity index (χ4v) is 4.23. The largest absolute Gasteiger partial charge is 0.416 e. The summed E-state index contributed by atoms with van der Waals surface area (Å²) < 4.78 is 39.9. The van der Waals surface area contributed by atoms with E-state index in [0.717, 1.165) is 19.2 Å². The number of hydrogen-bond acceptors (Lipinski definition) is 4. The van der Waals surface area contributed by atoms with Crippen LogP contribution in [-0.4, -0.2) is 57.6 Å². The lowest BCUT2D eigenvalue weighted by atomic mass is 10.0. The number of carbonyl (C=O) groups is 2. The van der Waals surface area contributed by atoms with Gasteiger partial charge in [0.25, 0.3) is 0 Å². The summed E-state index contributed by atoms with van der Waals surface area (Å²) in [5.74, 6) is 0.424. The van der Waals surface area contributed by atoms with Crippen LogP contribution in [0, 0.1) is 11.8 Å². The van der Waals surface area contributed by atoms with Gasteiger partial charge in [0, 0.05) is 38.9 Å². The maximum atomic E-state index is 12.9. The molecule has 2 fully saturated rings. The number of alkyl halides is 3. The van der Waals surface area contributed by atoms with Crippen LogP contribution in [0.15, 0.2) is 36.7 Å². The molecule has 0 saturated carbocycles. The highest BCUT2D eigenvalue weighted by molar-refractivity contribution is 5.94. The second-order valence-corrected chi connectivity index (χ2v) is 7.83. The second kappa shape index (κ2) is 7.29. The number of aromatic nitrogens is 2. The van der Waals surface area contributed by atoms with E-state index >= 15 is 0 Å². The van der Waals surface area contributed by atoms with E-state index < -0.39 is 11.7 Å². The smallest absolute Gasteiger partial charge is 0.322 e. The standard InChI is InChI=1S/C20H21F3N4O2/c1-13(28)15-6-24-27(12-15)19(29)26-10-16-8-25(9-17(16)11-26)7-14-3-2-4-18(5-14)20(21,22)23/h2-6,12,16-17H,7-11H2,1H3. The first-order valence-corrected chi connectivity index (χ1v) is 9.44. The monoisotopic (exact) mass is 406 g/mol. The van der Waals surface area contributed by atoms with Crippen LogP contribution in [0.2, 0.25) is 0 Å². The third kappa shape index (κ3) is 4.05. The Bertz CT molecular complexity index is 926. The van der Waals surface area contributed by atoms with E-state index in [1.54, 1.807) is 11.0 Å². The molecule has 2 aliphatic heterocycles. The lowest BCUT2D eigenvalue weighted by molar-refractivity contribution is -0.137. The Morgan fingerprint density at radius 2 is 1.83 bits per heavy atom. The van der Waals surface area contributed by atoms with E-state index in [1.165, 1.54) is 36.1 Å². The number of likely N-dealkylation sites (tertiary alicyclic amines) is 2. The predicted molar refractivity (Wildman–Crippen MR) is 98.3 cm³/mol. The first-order valence-electron chi connectivity index (χ1n) is 9.44. The lowest BCUT2D eigenvalue weighted by Gasteiger charge is -2.21. The van der Waals surface area contributed by atoms with E-state index in [9.17, 15) is 22.8 Å². The van der Waals surface area contributed by atoms with Gasteiger partial charge in [0.1, 0.15) is 0 Å². The van der Waals surface area contributed by atoms with Crippen LogP contribution >= 0.6 is 0 Å². The van der Waals surface area contributed by atoms with Crippen molar-refractivity contribution in [3.8, 4) is 0 Å². The van der Waals surface area contributed by atoms with E-state index in [-0.39, 0.29) is 23.7 Å². The zero-order valence-electron chi connectivity index (χ0n) is 15.9. The summed E-state index contributed by atoms with van der Waals surface area (Å²) in [4.78, 5) is 27.9. The molecule has 0 spiro atoms. The first kappa shape index (κ1) is 19.6. The van der Waals surface area contributed by atoms with Gasteiger partial charge in [-0.15, -0.1) is 0 Å². The molecule has 0 radical (unpaired) electrons. The zero-order chi connectivity index (χ0) is 20.8. The van der Waals surface area contributed by atoms with Gasteiger partial charge in [0.2, 0.25) is 0 Å². The number of amides is 1. The molecule has 0 aliphatic carbocycles. The molecular weight excluding hydrogens is 385 g/mol. The molecule has 2 unspecified atom stereocenters. The number of ketones is 1. The minimum absolute atomic E-state index is 0.146. The minimum atomic E-state index is -4.34. The van der Waals surface area contributed by atoms with E-state index in [1.807, 2.05) is 0 Å². The van der Waals surface area contributed by atoms with Crippen LogP contribution in [-0.2, 0) is 12.7 Å². The Hall–Kier alpha value is -2.68. The SMILES string of the molecule is CC(=O)c1cnn(C(=O)N2CC3CN(Cc4cccc(C(F)(F)F)c4)CC3C2)c1. The van der Waals surface area contributed by atoms with Gasteiger partial charge < -0.3 is 4.90 Å². The summed E-state index contributed by atoms with van der Waals surface area (Å²) in [6, 6.07) is 5.18. The molecule has 2 aliphatic rings. The summed E-state index contributed by atoms with van der Waals surface area (Å²) in [5, 5.41) is 3.98. The minimum Gasteiger partial charge on any atom is -0.322 e. The Kier molecular flexibility index (Phi) is 4.94. The molecule has 6 nitrogen and oxygen atoms in total. The van der Waals surface area contributed by atoms with E-state index in [2.05, 4.69) is 10.00 Å². The molecule has 4 rings (SSSR count). The van der Waals surface area contributed by atoms with Crippen molar-refractivity contribution in [3.63, 3.8) is 0 Å². The molecule has 154 valence electrons. The average Bonchev–Trinajstić information content (AvgIpc) is 3.35. The fourth-order valence-electron chi connectivity index (χ4n) is 4.23. The number of Topliss-reactive ketones (excluding diaryl/α,β-unsaturated/α-hetero) is 1. The van der Waals surface area contributed by atoms with Crippen molar-refractivity contribution in [2.45, 2.75) is 19.6 Å². The number of nitrogens with zero attached hydrogens (tertiary/aromatic N) is 4. The number of fused-ring (bicyclic) bond motifs is 1. The number of benzene rings is 1. The molecule has 1 aromatic heterocycles. The topological polar surface area (TPSA) is 58.4 Å². The highest BCUT2D eigenvalue weighted by Crippen LogP contribution is 2.33. The molecule has 2 saturated heterocycles. The quantitative estimate of drug-likeness (QED) is 0.735. The molecule has 2 aromatic rings. The average molecular weight is 406 g/mol. The van der Waals surface area contributed by atoms with Crippen molar-refractivity contribution in [3.05, 3.63) is 53.3 Å². The van der Waals surface area contributed by atoms with Gasteiger partial charge in [-0.2, -0.15) is 23.0 Å². The Morgan fingerprint density at radius 3 is 2.41 bits per heavy atom. The summed E-state index contributed by atoms with van der Waals surface area (Å²) in [5.41, 5.74) is 0.404. The van der Waals surface area contributed by atoms with Gasteiger partial charge in [0.05, 0.1) is 17.3 Å². The molecule has 0 bridgehead atoms. The van der Waals surface area contributed by atoms with E-state index in [0.29, 0.717) is 30.8 Å². The number of carbonyl (C=O) groups excluding carboxylic acids is 2. The van der Waals surface area contributed by atoms with Crippen molar-refractivity contribution < 1.29 is 22.8 Å². The van der Waals surface area contributed by atoms with Gasteiger partial charge in [-0.1, -0.05) is 18.2 Å². The van der Waals surface area contributed by atoms with Gasteiger partial charge >= 0.3 is 12.2 Å². The van der Waals surface area contributed by atoms with E-state index in [4.69, 9.17) is 0 Å². The molecule has 1 amide bonds. The van der Waals surface area contributed by atoms with Crippen LogP contribution in [0.25, 0.3) is 0 Å². The maximum absolute atomic E-state index is 12.9. The highest BCUT2D eigenvalue weighted by Gasteiger charge is 2.42. The summed E-state index contributed by atoms with van der Waals surface area (Å²) in [6.07, 6.45) is -1.51. The predicted octanol–water partition coefficient (Wildman–Crippen LogP) is 3.14. The van der Waals surface area contributed by atoms with Crippen molar-refractivity contribution >= 4 is 11.8 Å². The van der Waals surface area contributed by atoms with Crippen LogP contribution in [0.1, 0.15) is 28.4 Å². The van der Waals surface area contributed by atoms with Gasteiger partial charge in [0.15, 0.2) is 5.78 Å². The van der Waals surface area contributed by atoms with Crippen molar-refractivity contribution in [2.75, 3.05) is 26.2 Å². The normalized spacial score (nSPS) is 22.1. The van der Waals surface area contributed by atoms with Gasteiger partial charge in [-0.3, -0.25) is 9.69 Å². The van der Waals surface area contributed by atoms with Crippen LogP contribution in [0.4, 0.5) is 18.0 Å². The molecule has 9 heteroatoms. The van der Waals surface area contributed by atoms with Crippen LogP contribution in [0.5, 0.6) is 0 Å². The zero-order valence-corrected chi connectivity index (χ0v) is 15.9. The van der Waals surface area contributed by atoms with Crippen molar-refractivity contribution in [2.24, 2.45) is 11.8 Å². The van der Waals surface area contributed by atoms with Gasteiger partial charge in [-0.05, 0) is 30.4 Å². The first-order chi connectivity index (χ1) is 13.7.